The molecule has 5 heteroatoms. The zero-order valence-corrected chi connectivity index (χ0v) is 9.90. The molecule has 92 valence electrons. The standard InChI is InChI=1S/C12H17N3O2/c1-8-6-9(13)7-14-11(8)15-12(16)10-4-2-3-5-17-10/h6-7,10H,2-5,13H2,1H3,(H,14,15,16). The first kappa shape index (κ1) is 11.9. The molecule has 1 aliphatic rings. The first-order valence-corrected chi connectivity index (χ1v) is 5.81. The molecule has 0 radical (unpaired) electrons. The highest BCUT2D eigenvalue weighted by atomic mass is 16.5. The number of pyridine rings is 1. The molecule has 1 saturated heterocycles. The Morgan fingerprint density at radius 1 is 1.59 bits per heavy atom. The summed E-state index contributed by atoms with van der Waals surface area (Å²) in [6, 6.07) is 1.78. The average molecular weight is 235 g/mol. The van der Waals surface area contributed by atoms with Gasteiger partial charge in [-0.25, -0.2) is 4.98 Å². The quantitative estimate of drug-likeness (QED) is 0.814. The molecule has 1 aliphatic heterocycles. The molecule has 1 amide bonds. The molecular weight excluding hydrogens is 218 g/mol. The van der Waals surface area contributed by atoms with Gasteiger partial charge in [-0.15, -0.1) is 0 Å². The minimum Gasteiger partial charge on any atom is -0.397 e. The molecule has 0 bridgehead atoms. The van der Waals surface area contributed by atoms with Gasteiger partial charge in [-0.3, -0.25) is 4.79 Å². The number of aromatic nitrogens is 1. The van der Waals surface area contributed by atoms with E-state index in [1.165, 1.54) is 6.20 Å². The number of nitrogen functional groups attached to an aromatic ring is 1. The highest BCUT2D eigenvalue weighted by molar-refractivity contribution is 5.94. The highest BCUT2D eigenvalue weighted by Gasteiger charge is 2.22. The van der Waals surface area contributed by atoms with E-state index in [4.69, 9.17) is 10.5 Å². The largest absolute Gasteiger partial charge is 0.397 e. The summed E-state index contributed by atoms with van der Waals surface area (Å²) in [5.41, 5.74) is 7.05. The van der Waals surface area contributed by atoms with Gasteiger partial charge in [-0.2, -0.15) is 0 Å². The maximum Gasteiger partial charge on any atom is 0.254 e. The molecule has 17 heavy (non-hydrogen) atoms. The van der Waals surface area contributed by atoms with Crippen molar-refractivity contribution in [2.24, 2.45) is 0 Å². The van der Waals surface area contributed by atoms with Crippen LogP contribution in [0, 0.1) is 6.92 Å². The normalized spacial score (nSPS) is 19.9. The van der Waals surface area contributed by atoms with Gasteiger partial charge >= 0.3 is 0 Å². The Morgan fingerprint density at radius 2 is 2.41 bits per heavy atom. The van der Waals surface area contributed by atoms with Gasteiger partial charge < -0.3 is 15.8 Å². The summed E-state index contributed by atoms with van der Waals surface area (Å²) in [5.74, 6) is 0.434. The number of rotatable bonds is 2. The molecular formula is C12H17N3O2. The maximum absolute atomic E-state index is 11.9. The molecule has 2 heterocycles. The molecule has 1 aromatic rings. The monoisotopic (exact) mass is 235 g/mol. The van der Waals surface area contributed by atoms with Crippen LogP contribution in [0.1, 0.15) is 24.8 Å². The van der Waals surface area contributed by atoms with Gasteiger partial charge in [0.1, 0.15) is 11.9 Å². The fraction of sp³-hybridized carbons (Fsp3) is 0.500. The van der Waals surface area contributed by atoms with Gasteiger partial charge in [-0.1, -0.05) is 0 Å². The van der Waals surface area contributed by atoms with Gasteiger partial charge in [0, 0.05) is 6.61 Å². The van der Waals surface area contributed by atoms with Crippen LogP contribution in [-0.2, 0) is 9.53 Å². The van der Waals surface area contributed by atoms with Crippen molar-refractivity contribution in [2.75, 3.05) is 17.7 Å². The molecule has 0 aliphatic carbocycles. The predicted molar refractivity (Wildman–Crippen MR) is 65.6 cm³/mol. The fourth-order valence-corrected chi connectivity index (χ4v) is 1.87. The number of carbonyl (C=O) groups is 1. The van der Waals surface area contributed by atoms with E-state index in [2.05, 4.69) is 10.3 Å². The summed E-state index contributed by atoms with van der Waals surface area (Å²) in [6.45, 7) is 2.52. The average Bonchev–Trinajstić information content (AvgIpc) is 2.34. The second kappa shape index (κ2) is 5.14. The topological polar surface area (TPSA) is 77.2 Å². The Balaban J connectivity index is 2.02. The summed E-state index contributed by atoms with van der Waals surface area (Å²) in [4.78, 5) is 16.0. The van der Waals surface area contributed by atoms with Gasteiger partial charge in [0.15, 0.2) is 0 Å². The third kappa shape index (κ3) is 2.94. The molecule has 1 atom stereocenters. The second-order valence-electron chi connectivity index (χ2n) is 4.28. The lowest BCUT2D eigenvalue weighted by Crippen LogP contribution is -2.33. The third-order valence-electron chi connectivity index (χ3n) is 2.81. The Kier molecular flexibility index (Phi) is 3.58. The number of ether oxygens (including phenoxy) is 1. The van der Waals surface area contributed by atoms with Crippen molar-refractivity contribution in [1.29, 1.82) is 0 Å². The van der Waals surface area contributed by atoms with Gasteiger partial charge in [-0.05, 0) is 37.8 Å². The van der Waals surface area contributed by atoms with Crippen LogP contribution in [0.25, 0.3) is 0 Å². The fourth-order valence-electron chi connectivity index (χ4n) is 1.87. The second-order valence-corrected chi connectivity index (χ2v) is 4.28. The lowest BCUT2D eigenvalue weighted by molar-refractivity contribution is -0.130. The first-order chi connectivity index (χ1) is 8.16. The molecule has 1 aromatic heterocycles. The number of amides is 1. The van der Waals surface area contributed by atoms with Gasteiger partial charge in [0.25, 0.3) is 5.91 Å². The summed E-state index contributed by atoms with van der Waals surface area (Å²) in [7, 11) is 0. The van der Waals surface area contributed by atoms with E-state index in [0.717, 1.165) is 24.8 Å². The van der Waals surface area contributed by atoms with Gasteiger partial charge in [0.2, 0.25) is 0 Å². The summed E-state index contributed by atoms with van der Waals surface area (Å²) < 4.78 is 5.41. The molecule has 0 aromatic carbocycles. The van der Waals surface area contributed by atoms with Crippen LogP contribution < -0.4 is 11.1 Å². The van der Waals surface area contributed by atoms with Crippen molar-refractivity contribution in [3.05, 3.63) is 17.8 Å². The van der Waals surface area contributed by atoms with Crippen molar-refractivity contribution < 1.29 is 9.53 Å². The third-order valence-corrected chi connectivity index (χ3v) is 2.81. The number of nitrogens with zero attached hydrogens (tertiary/aromatic N) is 1. The van der Waals surface area contributed by atoms with E-state index in [1.807, 2.05) is 6.92 Å². The van der Waals surface area contributed by atoms with Crippen molar-refractivity contribution in [2.45, 2.75) is 32.3 Å². The van der Waals surface area contributed by atoms with E-state index >= 15 is 0 Å². The Hall–Kier alpha value is -1.62. The van der Waals surface area contributed by atoms with Crippen LogP contribution in [0.4, 0.5) is 11.5 Å². The summed E-state index contributed by atoms with van der Waals surface area (Å²) >= 11 is 0. The number of aryl methyl sites for hydroxylation is 1. The van der Waals surface area contributed by atoms with Crippen LogP contribution >= 0.6 is 0 Å². The molecule has 0 saturated carbocycles. The van der Waals surface area contributed by atoms with Crippen molar-refractivity contribution in [1.82, 2.24) is 4.98 Å². The van der Waals surface area contributed by atoms with E-state index in [9.17, 15) is 4.79 Å². The zero-order valence-electron chi connectivity index (χ0n) is 9.90. The molecule has 2 rings (SSSR count). The minimum absolute atomic E-state index is 0.120. The summed E-state index contributed by atoms with van der Waals surface area (Å²) in [6.07, 6.45) is 4.03. The minimum atomic E-state index is -0.345. The van der Waals surface area contributed by atoms with E-state index in [-0.39, 0.29) is 12.0 Å². The maximum atomic E-state index is 11.9. The lowest BCUT2D eigenvalue weighted by atomic mass is 10.1. The number of nitrogens with two attached hydrogens (primary N) is 1. The molecule has 5 nitrogen and oxygen atoms in total. The first-order valence-electron chi connectivity index (χ1n) is 5.81. The molecule has 1 unspecified atom stereocenters. The number of anilines is 2. The SMILES string of the molecule is Cc1cc(N)cnc1NC(=O)C1CCCCO1. The molecule has 1 fully saturated rings. The lowest BCUT2D eigenvalue weighted by Gasteiger charge is -2.21. The Labute approximate surface area is 100 Å². The number of carbonyl (C=O) groups excluding carboxylic acids is 1. The van der Waals surface area contributed by atoms with Crippen LogP contribution in [0.2, 0.25) is 0 Å². The van der Waals surface area contributed by atoms with E-state index in [1.54, 1.807) is 6.07 Å². The summed E-state index contributed by atoms with van der Waals surface area (Å²) in [5, 5.41) is 2.78. The highest BCUT2D eigenvalue weighted by Crippen LogP contribution is 2.17. The van der Waals surface area contributed by atoms with Crippen molar-refractivity contribution in [3.63, 3.8) is 0 Å². The van der Waals surface area contributed by atoms with Crippen LogP contribution in [0.3, 0.4) is 0 Å². The number of hydrogen-bond donors (Lipinski definition) is 2. The van der Waals surface area contributed by atoms with Crippen molar-refractivity contribution >= 4 is 17.4 Å². The van der Waals surface area contributed by atoms with Gasteiger partial charge in [0.05, 0.1) is 11.9 Å². The van der Waals surface area contributed by atoms with E-state index in [0.29, 0.717) is 18.1 Å². The van der Waals surface area contributed by atoms with E-state index < -0.39 is 0 Å². The smallest absolute Gasteiger partial charge is 0.254 e. The van der Waals surface area contributed by atoms with Crippen LogP contribution in [0.15, 0.2) is 12.3 Å². The van der Waals surface area contributed by atoms with Crippen LogP contribution in [0.5, 0.6) is 0 Å². The van der Waals surface area contributed by atoms with Crippen LogP contribution in [-0.4, -0.2) is 23.6 Å². The number of nitrogens with one attached hydrogen (secondary N) is 1. The predicted octanol–water partition coefficient (Wildman–Crippen LogP) is 1.48. The van der Waals surface area contributed by atoms with Crippen molar-refractivity contribution in [3.8, 4) is 0 Å². The molecule has 0 spiro atoms. The molecule has 3 N–H and O–H groups in total. The number of hydrogen-bond acceptors (Lipinski definition) is 4. The Bertz CT molecular complexity index is 414. The Morgan fingerprint density at radius 3 is 3.06 bits per heavy atom. The zero-order chi connectivity index (χ0) is 12.3.